The highest BCUT2D eigenvalue weighted by atomic mass is 16.5. The topological polar surface area (TPSA) is 71.1 Å². The number of carbonyl (C=O) groups excluding carboxylic acids is 2. The molecule has 0 radical (unpaired) electrons. The summed E-state index contributed by atoms with van der Waals surface area (Å²) in [6.07, 6.45) is 6.42. The largest absolute Gasteiger partial charge is 0.491 e. The second-order valence-corrected chi connectivity index (χ2v) is 10.2. The Hall–Kier alpha value is -2.12. The van der Waals surface area contributed by atoms with Crippen LogP contribution in [0, 0.1) is 11.8 Å². The van der Waals surface area contributed by atoms with Crippen LogP contribution in [-0.2, 0) is 9.53 Å². The molecule has 1 heterocycles. The molecule has 1 aliphatic heterocycles. The van der Waals surface area contributed by atoms with E-state index in [1.165, 1.54) is 25.7 Å². The van der Waals surface area contributed by atoms with Gasteiger partial charge in [-0.15, -0.1) is 0 Å². The van der Waals surface area contributed by atoms with Crippen molar-refractivity contribution in [3.05, 3.63) is 23.8 Å². The van der Waals surface area contributed by atoms with Gasteiger partial charge in [0.05, 0.1) is 11.7 Å². The average molecular weight is 474 g/mol. The highest BCUT2D eigenvalue weighted by Gasteiger charge is 2.30. The smallest absolute Gasteiger partial charge is 0.257 e. The third kappa shape index (κ3) is 6.95. The third-order valence-electron chi connectivity index (χ3n) is 7.30. The van der Waals surface area contributed by atoms with Gasteiger partial charge in [0.15, 0.2) is 0 Å². The summed E-state index contributed by atoms with van der Waals surface area (Å²) in [4.78, 5) is 29.8. The van der Waals surface area contributed by atoms with Gasteiger partial charge in [-0.05, 0) is 56.2 Å². The maximum atomic E-state index is 13.4. The monoisotopic (exact) mass is 473 g/mol. The molecule has 1 aliphatic carbocycles. The molecular formula is C27H43N3O4. The van der Waals surface area contributed by atoms with Gasteiger partial charge in [0, 0.05) is 51.9 Å². The highest BCUT2D eigenvalue weighted by molar-refractivity contribution is 5.99. The highest BCUT2D eigenvalue weighted by Crippen LogP contribution is 2.29. The van der Waals surface area contributed by atoms with Crippen molar-refractivity contribution < 1.29 is 19.1 Å². The van der Waals surface area contributed by atoms with Gasteiger partial charge in [0.2, 0.25) is 5.91 Å². The summed E-state index contributed by atoms with van der Waals surface area (Å²) in [7, 11) is 3.53. The molecular weight excluding hydrogens is 430 g/mol. The number of nitrogens with one attached hydrogen (secondary N) is 1. The first-order chi connectivity index (χ1) is 16.3. The molecule has 0 spiro atoms. The number of ether oxygens (including phenoxy) is 2. The first kappa shape index (κ1) is 26.5. The first-order valence-electron chi connectivity index (χ1n) is 12.9. The number of likely N-dealkylation sites (N-methyl/N-ethyl adjacent to an activating group) is 1. The molecule has 2 amide bonds. The van der Waals surface area contributed by atoms with E-state index in [4.69, 9.17) is 9.47 Å². The van der Waals surface area contributed by atoms with E-state index >= 15 is 0 Å². The number of benzene rings is 1. The zero-order valence-corrected chi connectivity index (χ0v) is 21.6. The van der Waals surface area contributed by atoms with Crippen LogP contribution < -0.4 is 10.1 Å². The lowest BCUT2D eigenvalue weighted by molar-refractivity contribution is -0.116. The van der Waals surface area contributed by atoms with E-state index in [0.717, 1.165) is 25.4 Å². The molecule has 7 heteroatoms. The van der Waals surface area contributed by atoms with Crippen LogP contribution in [0.2, 0.25) is 0 Å². The molecule has 3 atom stereocenters. The summed E-state index contributed by atoms with van der Waals surface area (Å²) < 4.78 is 12.1. The molecule has 7 nitrogen and oxygen atoms in total. The van der Waals surface area contributed by atoms with Crippen LogP contribution in [0.4, 0.5) is 5.69 Å². The maximum Gasteiger partial charge on any atom is 0.257 e. The zero-order chi connectivity index (χ0) is 24.7. The number of carbonyl (C=O) groups is 2. The molecule has 0 unspecified atom stereocenters. The predicted molar refractivity (Wildman–Crippen MR) is 135 cm³/mol. The van der Waals surface area contributed by atoms with Crippen molar-refractivity contribution in [1.29, 1.82) is 0 Å². The van der Waals surface area contributed by atoms with Gasteiger partial charge in [-0.2, -0.15) is 0 Å². The zero-order valence-electron chi connectivity index (χ0n) is 21.6. The Morgan fingerprint density at radius 3 is 2.62 bits per heavy atom. The van der Waals surface area contributed by atoms with E-state index < -0.39 is 0 Å². The molecule has 0 saturated heterocycles. The lowest BCUT2D eigenvalue weighted by Crippen LogP contribution is -2.47. The number of amides is 2. The van der Waals surface area contributed by atoms with Crippen molar-refractivity contribution in [1.82, 2.24) is 9.80 Å². The minimum absolute atomic E-state index is 0.0539. The molecule has 1 N–H and O–H groups in total. The number of rotatable bonds is 6. The van der Waals surface area contributed by atoms with Gasteiger partial charge >= 0.3 is 0 Å². The lowest BCUT2D eigenvalue weighted by atomic mass is 9.99. The SMILES string of the molecule is CCCC(=O)Nc1ccc2c(c1)C(=O)N(C)C[C@H](OC)[C@H](C)CN(CC1CCCC1)[C@H](C)CO2. The van der Waals surface area contributed by atoms with Gasteiger partial charge in [0.1, 0.15) is 12.4 Å². The van der Waals surface area contributed by atoms with Gasteiger partial charge in [0.25, 0.3) is 5.91 Å². The van der Waals surface area contributed by atoms with E-state index in [1.54, 1.807) is 31.2 Å². The normalized spacial score (nSPS) is 25.3. The van der Waals surface area contributed by atoms with E-state index in [2.05, 4.69) is 24.1 Å². The van der Waals surface area contributed by atoms with E-state index in [-0.39, 0.29) is 29.9 Å². The molecule has 0 aromatic heterocycles. The molecule has 3 rings (SSSR count). The Bertz CT molecular complexity index is 824. The van der Waals surface area contributed by atoms with Crippen molar-refractivity contribution in [3.8, 4) is 5.75 Å². The van der Waals surface area contributed by atoms with Gasteiger partial charge in [-0.3, -0.25) is 14.5 Å². The van der Waals surface area contributed by atoms with Crippen molar-refractivity contribution in [2.24, 2.45) is 11.8 Å². The summed E-state index contributed by atoms with van der Waals surface area (Å²) >= 11 is 0. The molecule has 1 aromatic rings. The van der Waals surface area contributed by atoms with E-state index in [1.807, 2.05) is 13.0 Å². The Labute approximate surface area is 205 Å². The molecule has 0 bridgehead atoms. The van der Waals surface area contributed by atoms with Crippen LogP contribution >= 0.6 is 0 Å². The quantitative estimate of drug-likeness (QED) is 0.662. The van der Waals surface area contributed by atoms with Crippen LogP contribution in [0.1, 0.15) is 69.7 Å². The minimum atomic E-state index is -0.133. The fourth-order valence-electron chi connectivity index (χ4n) is 5.16. The number of nitrogens with zero attached hydrogens (tertiary/aromatic N) is 2. The van der Waals surface area contributed by atoms with Crippen molar-refractivity contribution in [2.75, 3.05) is 45.7 Å². The summed E-state index contributed by atoms with van der Waals surface area (Å²) in [5.74, 6) is 1.38. The lowest BCUT2D eigenvalue weighted by Gasteiger charge is -2.37. The molecule has 34 heavy (non-hydrogen) atoms. The number of fused-ring (bicyclic) bond motifs is 1. The predicted octanol–water partition coefficient (Wildman–Crippen LogP) is 4.42. The van der Waals surface area contributed by atoms with Crippen LogP contribution in [0.25, 0.3) is 0 Å². The number of methoxy groups -OCH3 is 1. The Morgan fingerprint density at radius 1 is 1.21 bits per heavy atom. The van der Waals surface area contributed by atoms with Crippen LogP contribution in [0.15, 0.2) is 18.2 Å². The average Bonchev–Trinajstić information content (AvgIpc) is 3.33. The third-order valence-corrected chi connectivity index (χ3v) is 7.30. The van der Waals surface area contributed by atoms with E-state index in [0.29, 0.717) is 36.6 Å². The van der Waals surface area contributed by atoms with E-state index in [9.17, 15) is 9.59 Å². The Kier molecular flexibility index (Phi) is 9.77. The summed E-state index contributed by atoms with van der Waals surface area (Å²) in [6.45, 7) is 9.38. The number of hydrogen-bond acceptors (Lipinski definition) is 5. The summed E-state index contributed by atoms with van der Waals surface area (Å²) in [5, 5.41) is 2.90. The Morgan fingerprint density at radius 2 is 1.94 bits per heavy atom. The fraction of sp³-hybridized carbons (Fsp3) is 0.704. The van der Waals surface area contributed by atoms with Crippen molar-refractivity contribution in [2.45, 2.75) is 71.4 Å². The molecule has 190 valence electrons. The van der Waals surface area contributed by atoms with Crippen LogP contribution in [0.5, 0.6) is 5.75 Å². The van der Waals surface area contributed by atoms with Gasteiger partial charge in [-0.25, -0.2) is 0 Å². The fourth-order valence-corrected chi connectivity index (χ4v) is 5.16. The molecule has 1 aromatic carbocycles. The van der Waals surface area contributed by atoms with Crippen molar-refractivity contribution >= 4 is 17.5 Å². The van der Waals surface area contributed by atoms with Crippen LogP contribution in [0.3, 0.4) is 0 Å². The second-order valence-electron chi connectivity index (χ2n) is 10.2. The molecule has 2 aliphatic rings. The first-order valence-corrected chi connectivity index (χ1v) is 12.9. The van der Waals surface area contributed by atoms with Crippen LogP contribution in [-0.4, -0.2) is 74.2 Å². The maximum absolute atomic E-state index is 13.4. The number of anilines is 1. The summed E-state index contributed by atoms with van der Waals surface area (Å²) in [6, 6.07) is 5.56. The van der Waals surface area contributed by atoms with Gasteiger partial charge < -0.3 is 19.7 Å². The molecule has 1 fully saturated rings. The van der Waals surface area contributed by atoms with Crippen molar-refractivity contribution in [3.63, 3.8) is 0 Å². The Balaban J connectivity index is 1.88. The number of hydrogen-bond donors (Lipinski definition) is 1. The standard InChI is InChI=1S/C27H43N3O4/c1-6-9-26(31)28-22-12-13-24-23(14-22)27(32)29(4)17-25(33-5)19(2)15-30(20(3)18-34-24)16-21-10-7-8-11-21/h12-14,19-21,25H,6-11,15-18H2,1-5H3,(H,28,31)/t19-,20-,25+/m1/s1. The second kappa shape index (κ2) is 12.5. The molecule has 1 saturated carbocycles. The minimum Gasteiger partial charge on any atom is -0.491 e. The summed E-state index contributed by atoms with van der Waals surface area (Å²) in [5.41, 5.74) is 1.08. The van der Waals surface area contributed by atoms with Gasteiger partial charge in [-0.1, -0.05) is 26.7 Å².